The van der Waals surface area contributed by atoms with Gasteiger partial charge in [0, 0.05) is 5.39 Å². The first-order chi connectivity index (χ1) is 10.6. The molecular formula is C16H16F3NO3. The van der Waals surface area contributed by atoms with Gasteiger partial charge >= 0.3 is 12.3 Å². The standard InChI is InChI=1S/C16H16F3NO3/c1-4-8(2)10-6-11-9(3)5-12(15(21)22)20-14(11)13(7-10)23-16(17,18)19/h5-8H,4H2,1-3H3,(H,21,22). The highest BCUT2D eigenvalue weighted by Gasteiger charge is 2.32. The van der Waals surface area contributed by atoms with Gasteiger partial charge in [0.15, 0.2) is 5.75 Å². The Morgan fingerprint density at radius 3 is 2.52 bits per heavy atom. The summed E-state index contributed by atoms with van der Waals surface area (Å²) in [5.74, 6) is -1.75. The van der Waals surface area contributed by atoms with E-state index in [-0.39, 0.29) is 17.1 Å². The average Bonchev–Trinajstić information content (AvgIpc) is 2.44. The maximum absolute atomic E-state index is 12.7. The van der Waals surface area contributed by atoms with E-state index in [2.05, 4.69) is 9.72 Å². The predicted molar refractivity (Wildman–Crippen MR) is 78.8 cm³/mol. The Morgan fingerprint density at radius 2 is 2.00 bits per heavy atom. The van der Waals surface area contributed by atoms with Crippen LogP contribution in [0, 0.1) is 6.92 Å². The van der Waals surface area contributed by atoms with Gasteiger partial charge in [-0.2, -0.15) is 0 Å². The van der Waals surface area contributed by atoms with Gasteiger partial charge in [-0.1, -0.05) is 13.8 Å². The van der Waals surface area contributed by atoms with Gasteiger partial charge in [-0.15, -0.1) is 13.2 Å². The summed E-state index contributed by atoms with van der Waals surface area (Å²) in [4.78, 5) is 14.9. The zero-order valence-corrected chi connectivity index (χ0v) is 12.9. The molecule has 0 aliphatic carbocycles. The number of carbonyl (C=O) groups is 1. The first kappa shape index (κ1) is 17.1. The fraction of sp³-hybridized carbons (Fsp3) is 0.375. The van der Waals surface area contributed by atoms with Crippen molar-refractivity contribution in [3.63, 3.8) is 0 Å². The van der Waals surface area contributed by atoms with Crippen molar-refractivity contribution in [2.45, 2.75) is 39.5 Å². The molecule has 23 heavy (non-hydrogen) atoms. The summed E-state index contributed by atoms with van der Waals surface area (Å²) in [6, 6.07) is 4.35. The SMILES string of the molecule is CCC(C)c1cc(OC(F)(F)F)c2nc(C(=O)O)cc(C)c2c1. The normalized spacial score (nSPS) is 13.1. The smallest absolute Gasteiger partial charge is 0.477 e. The second-order valence-corrected chi connectivity index (χ2v) is 5.40. The van der Waals surface area contributed by atoms with E-state index in [1.54, 1.807) is 13.0 Å². The number of aryl methyl sites for hydroxylation is 1. The Hall–Kier alpha value is -2.31. The molecule has 1 aromatic heterocycles. The minimum atomic E-state index is -4.88. The first-order valence-electron chi connectivity index (χ1n) is 7.06. The molecule has 1 unspecified atom stereocenters. The lowest BCUT2D eigenvalue weighted by atomic mass is 9.95. The molecule has 4 nitrogen and oxygen atoms in total. The van der Waals surface area contributed by atoms with Gasteiger partial charge in [0.1, 0.15) is 11.2 Å². The molecule has 0 amide bonds. The number of rotatable bonds is 4. The first-order valence-corrected chi connectivity index (χ1v) is 7.06. The van der Waals surface area contributed by atoms with E-state index in [4.69, 9.17) is 5.11 Å². The second kappa shape index (κ2) is 6.06. The number of aromatic nitrogens is 1. The summed E-state index contributed by atoms with van der Waals surface area (Å²) in [7, 11) is 0. The summed E-state index contributed by atoms with van der Waals surface area (Å²) in [5, 5.41) is 9.50. The maximum Gasteiger partial charge on any atom is 0.573 e. The Bertz CT molecular complexity index is 756. The molecule has 0 aliphatic rings. The molecule has 7 heteroatoms. The molecule has 0 aliphatic heterocycles. The highest BCUT2D eigenvalue weighted by atomic mass is 19.4. The Kier molecular flexibility index (Phi) is 4.49. The fourth-order valence-electron chi connectivity index (χ4n) is 2.31. The van der Waals surface area contributed by atoms with Crippen LogP contribution in [-0.4, -0.2) is 22.4 Å². The van der Waals surface area contributed by atoms with Crippen molar-refractivity contribution in [3.8, 4) is 5.75 Å². The zero-order valence-electron chi connectivity index (χ0n) is 12.9. The third-order valence-electron chi connectivity index (χ3n) is 3.73. The van der Waals surface area contributed by atoms with Crippen molar-refractivity contribution in [1.82, 2.24) is 4.98 Å². The quantitative estimate of drug-likeness (QED) is 0.888. The van der Waals surface area contributed by atoms with Crippen molar-refractivity contribution >= 4 is 16.9 Å². The monoisotopic (exact) mass is 327 g/mol. The number of hydrogen-bond donors (Lipinski definition) is 1. The predicted octanol–water partition coefficient (Wildman–Crippen LogP) is 4.65. The average molecular weight is 327 g/mol. The van der Waals surface area contributed by atoms with E-state index in [0.29, 0.717) is 16.5 Å². The van der Waals surface area contributed by atoms with Crippen LogP contribution in [0.2, 0.25) is 0 Å². The van der Waals surface area contributed by atoms with Crippen LogP contribution in [0.1, 0.15) is 47.8 Å². The van der Waals surface area contributed by atoms with Crippen molar-refractivity contribution in [2.75, 3.05) is 0 Å². The number of fused-ring (bicyclic) bond motifs is 1. The van der Waals surface area contributed by atoms with Crippen LogP contribution in [0.4, 0.5) is 13.2 Å². The minimum Gasteiger partial charge on any atom is -0.477 e. The molecule has 0 bridgehead atoms. The van der Waals surface area contributed by atoms with Gasteiger partial charge in [0.25, 0.3) is 0 Å². The summed E-state index contributed by atoms with van der Waals surface area (Å²) >= 11 is 0. The molecule has 124 valence electrons. The van der Waals surface area contributed by atoms with Crippen LogP contribution in [-0.2, 0) is 0 Å². The molecule has 0 saturated heterocycles. The maximum atomic E-state index is 12.7. The molecule has 0 fully saturated rings. The number of halogens is 3. The summed E-state index contributed by atoms with van der Waals surface area (Å²) in [6.07, 6.45) is -4.13. The Balaban J connectivity index is 2.77. The van der Waals surface area contributed by atoms with Gasteiger partial charge in [0.2, 0.25) is 0 Å². The number of aromatic carboxylic acids is 1. The van der Waals surface area contributed by atoms with E-state index < -0.39 is 18.1 Å². The highest BCUT2D eigenvalue weighted by Crippen LogP contribution is 2.35. The summed E-state index contributed by atoms with van der Waals surface area (Å²) in [5.41, 5.74) is 0.793. The van der Waals surface area contributed by atoms with Crippen LogP contribution in [0.25, 0.3) is 10.9 Å². The largest absolute Gasteiger partial charge is 0.573 e. The number of alkyl halides is 3. The number of benzene rings is 1. The second-order valence-electron chi connectivity index (χ2n) is 5.40. The van der Waals surface area contributed by atoms with Crippen molar-refractivity contribution in [1.29, 1.82) is 0 Å². The number of carboxylic acids is 1. The van der Waals surface area contributed by atoms with E-state index in [1.165, 1.54) is 12.1 Å². The highest BCUT2D eigenvalue weighted by molar-refractivity contribution is 5.94. The number of pyridine rings is 1. The van der Waals surface area contributed by atoms with Crippen LogP contribution < -0.4 is 4.74 Å². The van der Waals surface area contributed by atoms with Gasteiger partial charge in [0.05, 0.1) is 0 Å². The summed E-state index contributed by atoms with van der Waals surface area (Å²) < 4.78 is 42.1. The molecule has 2 aromatic rings. The summed E-state index contributed by atoms with van der Waals surface area (Å²) in [6.45, 7) is 5.46. The molecule has 1 aromatic carbocycles. The van der Waals surface area contributed by atoms with E-state index in [9.17, 15) is 18.0 Å². The van der Waals surface area contributed by atoms with Crippen LogP contribution >= 0.6 is 0 Å². The topological polar surface area (TPSA) is 59.4 Å². The number of nitrogens with zero attached hydrogens (tertiary/aromatic N) is 1. The fourth-order valence-corrected chi connectivity index (χ4v) is 2.31. The van der Waals surface area contributed by atoms with Gasteiger partial charge in [-0.05, 0) is 48.6 Å². The zero-order chi connectivity index (χ0) is 17.4. The van der Waals surface area contributed by atoms with E-state index in [0.717, 1.165) is 6.42 Å². The molecule has 0 radical (unpaired) electrons. The lowest BCUT2D eigenvalue weighted by Gasteiger charge is -2.17. The lowest BCUT2D eigenvalue weighted by molar-refractivity contribution is -0.274. The number of hydrogen-bond acceptors (Lipinski definition) is 3. The molecule has 2 rings (SSSR count). The van der Waals surface area contributed by atoms with Gasteiger partial charge in [-0.3, -0.25) is 0 Å². The van der Waals surface area contributed by atoms with Crippen LogP contribution in [0.5, 0.6) is 5.75 Å². The van der Waals surface area contributed by atoms with Crippen LogP contribution in [0.15, 0.2) is 18.2 Å². The Labute approximate surface area is 130 Å². The molecule has 1 heterocycles. The van der Waals surface area contributed by atoms with Crippen molar-refractivity contribution in [3.05, 3.63) is 35.0 Å². The van der Waals surface area contributed by atoms with Crippen LogP contribution in [0.3, 0.4) is 0 Å². The number of ether oxygens (including phenoxy) is 1. The lowest BCUT2D eigenvalue weighted by Crippen LogP contribution is -2.18. The Morgan fingerprint density at radius 1 is 1.35 bits per heavy atom. The van der Waals surface area contributed by atoms with E-state index in [1.807, 2.05) is 13.8 Å². The number of carboxylic acid groups (broad SMARTS) is 1. The van der Waals surface area contributed by atoms with Crippen molar-refractivity contribution < 1.29 is 27.8 Å². The van der Waals surface area contributed by atoms with E-state index >= 15 is 0 Å². The molecule has 1 N–H and O–H groups in total. The van der Waals surface area contributed by atoms with Gasteiger partial charge < -0.3 is 9.84 Å². The molecule has 0 saturated carbocycles. The van der Waals surface area contributed by atoms with Crippen molar-refractivity contribution in [2.24, 2.45) is 0 Å². The molecular weight excluding hydrogens is 311 g/mol. The third kappa shape index (κ3) is 3.72. The minimum absolute atomic E-state index is 0.0357. The molecule has 0 spiro atoms. The van der Waals surface area contributed by atoms with Gasteiger partial charge in [-0.25, -0.2) is 9.78 Å². The molecule has 1 atom stereocenters. The third-order valence-corrected chi connectivity index (χ3v) is 3.73.